The molecule has 3 amide bonds. The van der Waals surface area contributed by atoms with Crippen LogP contribution in [0.5, 0.6) is 0 Å². The van der Waals surface area contributed by atoms with Crippen molar-refractivity contribution in [1.82, 2.24) is 10.2 Å². The summed E-state index contributed by atoms with van der Waals surface area (Å²) in [5.74, 6) is -1.80. The van der Waals surface area contributed by atoms with Crippen LogP contribution in [0.3, 0.4) is 0 Å². The number of anilines is 1. The standard InChI is InChI=1S/C22H26FN3O6/c1-14(27)24-11-17-12-32-22(30)26(17)16-7-8-18(19(23)10-16)20-6-4-3-5-9-25(20)21(29)13-31-15(2)28/h3,5,7-8,10,17,20H,4,6,9,11-13H2,1-2H3,(H,24,27)/t17-,20?/m0/s1. The summed E-state index contributed by atoms with van der Waals surface area (Å²) in [6, 6.07) is 3.37. The molecule has 0 saturated carbocycles. The van der Waals surface area contributed by atoms with E-state index >= 15 is 4.39 Å². The Morgan fingerprint density at radius 3 is 2.72 bits per heavy atom. The number of rotatable bonds is 6. The Bertz CT molecular complexity index is 934. The zero-order valence-corrected chi connectivity index (χ0v) is 18.0. The Kier molecular flexibility index (Phi) is 7.45. The maximum Gasteiger partial charge on any atom is 0.414 e. The predicted octanol–water partition coefficient (Wildman–Crippen LogP) is 2.07. The van der Waals surface area contributed by atoms with E-state index in [-0.39, 0.29) is 25.6 Å². The molecule has 2 aliphatic heterocycles. The second kappa shape index (κ2) is 10.3. The third-order valence-corrected chi connectivity index (χ3v) is 5.34. The molecule has 2 heterocycles. The zero-order valence-electron chi connectivity index (χ0n) is 18.0. The van der Waals surface area contributed by atoms with Crippen molar-refractivity contribution >= 4 is 29.6 Å². The van der Waals surface area contributed by atoms with Crippen molar-refractivity contribution in [3.8, 4) is 0 Å². The molecule has 1 aromatic rings. The molecule has 3 rings (SSSR count). The predicted molar refractivity (Wildman–Crippen MR) is 112 cm³/mol. The highest BCUT2D eigenvalue weighted by Gasteiger charge is 2.35. The molecule has 1 aromatic carbocycles. The van der Waals surface area contributed by atoms with E-state index in [9.17, 15) is 19.2 Å². The van der Waals surface area contributed by atoms with Crippen LogP contribution in [0.15, 0.2) is 30.4 Å². The normalized spacial score (nSPS) is 20.5. The van der Waals surface area contributed by atoms with Gasteiger partial charge in [0.15, 0.2) is 6.61 Å². The van der Waals surface area contributed by atoms with Crippen molar-refractivity contribution in [1.29, 1.82) is 0 Å². The quantitative estimate of drug-likeness (QED) is 0.529. The van der Waals surface area contributed by atoms with Gasteiger partial charge in [0.05, 0.1) is 17.8 Å². The Labute approximate surface area is 185 Å². The molecule has 2 aliphatic rings. The highest BCUT2D eigenvalue weighted by molar-refractivity contribution is 5.90. The van der Waals surface area contributed by atoms with Gasteiger partial charge in [0, 0.05) is 32.5 Å². The number of nitrogens with zero attached hydrogens (tertiary/aromatic N) is 2. The maximum atomic E-state index is 15.2. The first kappa shape index (κ1) is 23.2. The van der Waals surface area contributed by atoms with Crippen molar-refractivity contribution in [2.45, 2.75) is 38.8 Å². The summed E-state index contributed by atoms with van der Waals surface area (Å²) in [5.41, 5.74) is 0.605. The number of carbonyl (C=O) groups excluding carboxylic acids is 4. The minimum Gasteiger partial charge on any atom is -0.456 e. The number of halogens is 1. The number of hydrogen-bond acceptors (Lipinski definition) is 6. The highest BCUT2D eigenvalue weighted by atomic mass is 19.1. The molecule has 172 valence electrons. The molecule has 1 N–H and O–H groups in total. The van der Waals surface area contributed by atoms with Gasteiger partial charge in [-0.05, 0) is 25.0 Å². The molecular weight excluding hydrogens is 421 g/mol. The number of benzene rings is 1. The molecule has 9 nitrogen and oxygen atoms in total. The molecule has 0 spiro atoms. The summed E-state index contributed by atoms with van der Waals surface area (Å²) in [6.07, 6.45) is 4.27. The fourth-order valence-corrected chi connectivity index (χ4v) is 3.81. The SMILES string of the molecule is CC(=O)NC[C@H]1COC(=O)N1c1ccc(C2CCC=CCN2C(=O)COC(C)=O)c(F)c1. The summed E-state index contributed by atoms with van der Waals surface area (Å²) in [5, 5.41) is 2.64. The minimum atomic E-state index is -0.621. The number of ether oxygens (including phenoxy) is 2. The van der Waals surface area contributed by atoms with E-state index in [1.54, 1.807) is 12.1 Å². The monoisotopic (exact) mass is 447 g/mol. The molecule has 32 heavy (non-hydrogen) atoms. The van der Waals surface area contributed by atoms with Gasteiger partial charge in [-0.25, -0.2) is 9.18 Å². The van der Waals surface area contributed by atoms with Crippen molar-refractivity contribution in [2.75, 3.05) is 31.2 Å². The zero-order chi connectivity index (χ0) is 23.3. The third kappa shape index (κ3) is 5.43. The number of carbonyl (C=O) groups is 4. The molecular formula is C22H26FN3O6. The smallest absolute Gasteiger partial charge is 0.414 e. The summed E-state index contributed by atoms with van der Waals surface area (Å²) in [4.78, 5) is 49.9. The van der Waals surface area contributed by atoms with Crippen LogP contribution in [-0.2, 0) is 23.9 Å². The lowest BCUT2D eigenvalue weighted by atomic mass is 9.99. The van der Waals surface area contributed by atoms with Crippen molar-refractivity contribution in [3.05, 3.63) is 41.7 Å². The Balaban J connectivity index is 1.83. The van der Waals surface area contributed by atoms with Crippen molar-refractivity contribution in [2.24, 2.45) is 0 Å². The van der Waals surface area contributed by atoms with Gasteiger partial charge in [-0.15, -0.1) is 0 Å². The van der Waals surface area contributed by atoms with Gasteiger partial charge in [0.2, 0.25) is 5.91 Å². The van der Waals surface area contributed by atoms with Gasteiger partial charge in [0.25, 0.3) is 5.91 Å². The molecule has 2 atom stereocenters. The van der Waals surface area contributed by atoms with Gasteiger partial charge >= 0.3 is 12.1 Å². The van der Waals surface area contributed by atoms with E-state index in [4.69, 9.17) is 9.47 Å². The second-order valence-corrected chi connectivity index (χ2v) is 7.63. The van der Waals surface area contributed by atoms with E-state index in [1.165, 1.54) is 29.7 Å². The first-order valence-electron chi connectivity index (χ1n) is 10.4. The molecule has 0 radical (unpaired) electrons. The lowest BCUT2D eigenvalue weighted by Gasteiger charge is -2.31. The van der Waals surface area contributed by atoms with Crippen LogP contribution < -0.4 is 10.2 Å². The highest BCUT2D eigenvalue weighted by Crippen LogP contribution is 2.33. The van der Waals surface area contributed by atoms with Gasteiger partial charge in [-0.3, -0.25) is 19.3 Å². The van der Waals surface area contributed by atoms with E-state index in [0.717, 1.165) is 0 Å². The fourth-order valence-electron chi connectivity index (χ4n) is 3.81. The Morgan fingerprint density at radius 2 is 2.03 bits per heavy atom. The van der Waals surface area contributed by atoms with Crippen LogP contribution in [0.1, 0.15) is 38.3 Å². The summed E-state index contributed by atoms with van der Waals surface area (Å²) >= 11 is 0. The minimum absolute atomic E-state index is 0.0786. The molecule has 0 aliphatic carbocycles. The fraction of sp³-hybridized carbons (Fsp3) is 0.455. The average Bonchev–Trinajstić information content (AvgIpc) is 2.94. The number of hydrogen-bond donors (Lipinski definition) is 1. The maximum absolute atomic E-state index is 15.2. The van der Waals surface area contributed by atoms with Crippen molar-refractivity contribution in [3.63, 3.8) is 0 Å². The van der Waals surface area contributed by atoms with Gasteiger partial charge in [-0.2, -0.15) is 0 Å². The van der Waals surface area contributed by atoms with Gasteiger partial charge in [0.1, 0.15) is 12.4 Å². The molecule has 1 unspecified atom stereocenters. The Hall–Kier alpha value is -3.43. The third-order valence-electron chi connectivity index (χ3n) is 5.34. The van der Waals surface area contributed by atoms with Crippen LogP contribution >= 0.6 is 0 Å². The van der Waals surface area contributed by atoms with Crippen LogP contribution in [-0.4, -0.2) is 61.1 Å². The second-order valence-electron chi connectivity index (χ2n) is 7.63. The van der Waals surface area contributed by atoms with E-state index in [2.05, 4.69) is 5.32 Å². The van der Waals surface area contributed by atoms with Crippen LogP contribution in [0.4, 0.5) is 14.9 Å². The number of amides is 3. The largest absolute Gasteiger partial charge is 0.456 e. The Morgan fingerprint density at radius 1 is 1.25 bits per heavy atom. The van der Waals surface area contributed by atoms with E-state index in [1.807, 2.05) is 12.2 Å². The molecule has 1 fully saturated rings. The van der Waals surface area contributed by atoms with Crippen LogP contribution in [0, 0.1) is 5.82 Å². The first-order chi connectivity index (χ1) is 15.3. The summed E-state index contributed by atoms with van der Waals surface area (Å²) in [6.45, 7) is 2.69. The summed E-state index contributed by atoms with van der Waals surface area (Å²) in [7, 11) is 0. The number of allylic oxidation sites excluding steroid dienone is 1. The van der Waals surface area contributed by atoms with Crippen molar-refractivity contribution < 1.29 is 33.0 Å². The summed E-state index contributed by atoms with van der Waals surface area (Å²) < 4.78 is 25.1. The van der Waals surface area contributed by atoms with Crippen LogP contribution in [0.25, 0.3) is 0 Å². The molecule has 0 bridgehead atoms. The van der Waals surface area contributed by atoms with E-state index in [0.29, 0.717) is 24.1 Å². The lowest BCUT2D eigenvalue weighted by Crippen LogP contribution is -2.42. The molecule has 1 saturated heterocycles. The van der Waals surface area contributed by atoms with Gasteiger partial charge < -0.3 is 19.7 Å². The van der Waals surface area contributed by atoms with E-state index < -0.39 is 42.5 Å². The van der Waals surface area contributed by atoms with Crippen LogP contribution in [0.2, 0.25) is 0 Å². The number of nitrogens with one attached hydrogen (secondary N) is 1. The number of esters is 1. The first-order valence-corrected chi connectivity index (χ1v) is 10.4. The molecule has 0 aromatic heterocycles. The topological polar surface area (TPSA) is 105 Å². The van der Waals surface area contributed by atoms with Gasteiger partial charge in [-0.1, -0.05) is 18.2 Å². The lowest BCUT2D eigenvalue weighted by molar-refractivity contribution is -0.151. The average molecular weight is 447 g/mol. The molecule has 10 heteroatoms. The number of cyclic esters (lactones) is 1.